The van der Waals surface area contributed by atoms with Gasteiger partial charge in [0.15, 0.2) is 6.10 Å². The smallest absolute Gasteiger partial charge is 0.462 e. The van der Waals surface area contributed by atoms with Crippen molar-refractivity contribution in [1.29, 1.82) is 0 Å². The number of unbranched alkanes of at least 4 members (excludes halogenated alkanes) is 17. The molecular formula is C63H104NO8P. The molecule has 0 saturated carbocycles. The molecule has 0 radical (unpaired) electrons. The molecule has 3 N–H and O–H groups in total. The van der Waals surface area contributed by atoms with Crippen molar-refractivity contribution < 1.29 is 37.6 Å². The molecule has 9 nitrogen and oxygen atoms in total. The van der Waals surface area contributed by atoms with Crippen molar-refractivity contribution in [3.05, 3.63) is 134 Å². The Morgan fingerprint density at radius 1 is 0.411 bits per heavy atom. The van der Waals surface area contributed by atoms with Crippen LogP contribution in [0.4, 0.5) is 0 Å². The van der Waals surface area contributed by atoms with E-state index in [2.05, 4.69) is 148 Å². The fourth-order valence-electron chi connectivity index (χ4n) is 7.37. The van der Waals surface area contributed by atoms with Crippen LogP contribution in [0.2, 0.25) is 0 Å². The molecule has 0 aliphatic rings. The maximum Gasteiger partial charge on any atom is 0.472 e. The van der Waals surface area contributed by atoms with E-state index in [9.17, 15) is 19.0 Å². The van der Waals surface area contributed by atoms with Gasteiger partial charge < -0.3 is 20.1 Å². The molecule has 0 spiro atoms. The third-order valence-corrected chi connectivity index (χ3v) is 12.5. The van der Waals surface area contributed by atoms with Gasteiger partial charge in [0.25, 0.3) is 0 Å². The van der Waals surface area contributed by atoms with Crippen LogP contribution in [-0.2, 0) is 32.7 Å². The number of ether oxygens (including phenoxy) is 2. The minimum atomic E-state index is -4.40. The Morgan fingerprint density at radius 3 is 1.05 bits per heavy atom. The molecule has 73 heavy (non-hydrogen) atoms. The molecule has 10 heteroatoms. The first-order valence-corrected chi connectivity index (χ1v) is 30.2. The van der Waals surface area contributed by atoms with Crippen LogP contribution in [0.3, 0.4) is 0 Å². The van der Waals surface area contributed by atoms with Gasteiger partial charge in [0, 0.05) is 19.4 Å². The van der Waals surface area contributed by atoms with E-state index < -0.39 is 32.5 Å². The number of phosphoric ester groups is 1. The van der Waals surface area contributed by atoms with E-state index in [1.165, 1.54) is 64.2 Å². The molecule has 2 unspecified atom stereocenters. The first kappa shape index (κ1) is 69.2. The van der Waals surface area contributed by atoms with Crippen LogP contribution in [0.25, 0.3) is 0 Å². The van der Waals surface area contributed by atoms with Crippen molar-refractivity contribution in [3.8, 4) is 0 Å². The van der Waals surface area contributed by atoms with E-state index in [4.69, 9.17) is 24.3 Å². The van der Waals surface area contributed by atoms with Gasteiger partial charge in [-0.05, 0) is 109 Å². The minimum Gasteiger partial charge on any atom is -0.462 e. The van der Waals surface area contributed by atoms with Gasteiger partial charge >= 0.3 is 19.8 Å². The van der Waals surface area contributed by atoms with E-state index >= 15 is 0 Å². The summed E-state index contributed by atoms with van der Waals surface area (Å²) in [5.41, 5.74) is 5.37. The summed E-state index contributed by atoms with van der Waals surface area (Å²) in [6, 6.07) is 0. The first-order chi connectivity index (χ1) is 35.8. The number of carbonyl (C=O) groups excluding carboxylic acids is 2. The fraction of sp³-hybridized carbons (Fsp3) is 0.619. The zero-order valence-corrected chi connectivity index (χ0v) is 47.0. The second-order valence-electron chi connectivity index (χ2n) is 18.4. The van der Waals surface area contributed by atoms with Gasteiger partial charge in [-0.15, -0.1) is 0 Å². The minimum absolute atomic E-state index is 0.0433. The monoisotopic (exact) mass is 1030 g/mol. The number of hydrogen-bond acceptors (Lipinski definition) is 8. The number of phosphoric acid groups is 1. The molecule has 0 bridgehead atoms. The average molecular weight is 1030 g/mol. The summed E-state index contributed by atoms with van der Waals surface area (Å²) in [4.78, 5) is 35.1. The van der Waals surface area contributed by atoms with Gasteiger partial charge in [-0.2, -0.15) is 0 Å². The lowest BCUT2D eigenvalue weighted by molar-refractivity contribution is -0.161. The Bertz CT molecular complexity index is 1650. The lowest BCUT2D eigenvalue weighted by Gasteiger charge is -2.19. The third-order valence-electron chi connectivity index (χ3n) is 11.5. The largest absolute Gasteiger partial charge is 0.472 e. The summed E-state index contributed by atoms with van der Waals surface area (Å²) in [6.45, 7) is 3.47. The van der Waals surface area contributed by atoms with E-state index in [0.717, 1.165) is 116 Å². The zero-order chi connectivity index (χ0) is 53.1. The number of nitrogens with two attached hydrogens (primary N) is 1. The molecule has 0 aliphatic heterocycles. The van der Waals surface area contributed by atoms with Crippen molar-refractivity contribution in [2.45, 2.75) is 225 Å². The Hall–Kier alpha value is -3.85. The number of rotatable bonds is 52. The SMILES string of the molecule is CC/C=C\C/C=C\C/C=C\C/C=C\C/C=C\C/C=C\C/C=C\CCCCCCCCCCCCCCCC(=O)OC(COC(=O)CCCCCC/C=C\C/C=C\C/C=C\C/C=C\CC)COP(=O)(O)OCCN. The lowest BCUT2D eigenvalue weighted by atomic mass is 10.0. The Labute approximate surface area is 446 Å². The number of carbonyl (C=O) groups is 2. The molecule has 0 saturated heterocycles. The van der Waals surface area contributed by atoms with Gasteiger partial charge in [0.05, 0.1) is 13.2 Å². The van der Waals surface area contributed by atoms with Gasteiger partial charge in [-0.3, -0.25) is 18.6 Å². The fourth-order valence-corrected chi connectivity index (χ4v) is 8.14. The number of hydrogen-bond donors (Lipinski definition) is 2. The van der Waals surface area contributed by atoms with Gasteiger partial charge in [-0.1, -0.05) is 231 Å². The van der Waals surface area contributed by atoms with Crippen molar-refractivity contribution in [1.82, 2.24) is 0 Å². The second kappa shape index (κ2) is 57.4. The van der Waals surface area contributed by atoms with E-state index in [1.807, 2.05) is 0 Å². The molecule has 0 heterocycles. The highest BCUT2D eigenvalue weighted by Crippen LogP contribution is 2.43. The molecule has 2 atom stereocenters. The van der Waals surface area contributed by atoms with Gasteiger partial charge in [0.2, 0.25) is 0 Å². The van der Waals surface area contributed by atoms with Crippen LogP contribution in [0, 0.1) is 0 Å². The van der Waals surface area contributed by atoms with Crippen LogP contribution in [0.5, 0.6) is 0 Å². The summed E-state index contributed by atoms with van der Waals surface area (Å²) >= 11 is 0. The summed E-state index contributed by atoms with van der Waals surface area (Å²) in [6.07, 6.45) is 80.8. The summed E-state index contributed by atoms with van der Waals surface area (Å²) in [5.74, 6) is -0.864. The van der Waals surface area contributed by atoms with Crippen LogP contribution in [-0.4, -0.2) is 49.3 Å². The Kier molecular flexibility index (Phi) is 54.4. The number of allylic oxidation sites excluding steroid dienone is 22. The highest BCUT2D eigenvalue weighted by atomic mass is 31.2. The van der Waals surface area contributed by atoms with Crippen LogP contribution in [0.1, 0.15) is 219 Å². The van der Waals surface area contributed by atoms with Crippen LogP contribution < -0.4 is 5.73 Å². The molecule has 0 fully saturated rings. The quantitative estimate of drug-likeness (QED) is 0.0264. The van der Waals surface area contributed by atoms with E-state index in [1.54, 1.807) is 0 Å². The van der Waals surface area contributed by atoms with Gasteiger partial charge in [-0.25, -0.2) is 4.57 Å². The van der Waals surface area contributed by atoms with E-state index in [-0.39, 0.29) is 32.6 Å². The highest BCUT2D eigenvalue weighted by molar-refractivity contribution is 7.47. The third kappa shape index (κ3) is 57.3. The molecule has 414 valence electrons. The van der Waals surface area contributed by atoms with Crippen molar-refractivity contribution >= 4 is 19.8 Å². The lowest BCUT2D eigenvalue weighted by Crippen LogP contribution is -2.29. The average Bonchev–Trinajstić information content (AvgIpc) is 3.38. The zero-order valence-electron chi connectivity index (χ0n) is 46.1. The van der Waals surface area contributed by atoms with Crippen LogP contribution >= 0.6 is 7.82 Å². The topological polar surface area (TPSA) is 134 Å². The van der Waals surface area contributed by atoms with Gasteiger partial charge in [0.1, 0.15) is 6.61 Å². The molecule has 0 aromatic carbocycles. The highest BCUT2D eigenvalue weighted by Gasteiger charge is 2.26. The summed E-state index contributed by atoms with van der Waals surface area (Å²) < 4.78 is 33.0. The van der Waals surface area contributed by atoms with Crippen molar-refractivity contribution in [3.63, 3.8) is 0 Å². The standard InChI is InChI=1S/C63H104NO8P/c1-3-5-7-9-11-13-15-17-19-21-22-23-24-25-26-27-28-29-30-31-32-33-34-35-36-37-38-40-42-44-46-48-50-52-54-56-63(66)72-61(60-71-73(67,68)70-58-57-64)59-69-62(65)55-53-51-49-47-45-43-41-39-20-18-16-14-12-10-8-6-4-2/h5-8,11-14,17-20,22-23,25-26,28-29,31-32,41,43,61H,3-4,9-10,15-16,21,24,27,30,33-40,42,44-60,64H2,1-2H3,(H,67,68)/b7-5-,8-6-,13-11-,14-12-,19-17-,20-18-,23-22-,26-25-,29-28-,32-31-,43-41-. The predicted molar refractivity (Wildman–Crippen MR) is 311 cm³/mol. The maximum absolute atomic E-state index is 12.7. The second-order valence-corrected chi connectivity index (χ2v) is 19.8. The molecule has 0 amide bonds. The predicted octanol–water partition coefficient (Wildman–Crippen LogP) is 18.2. The summed E-state index contributed by atoms with van der Waals surface area (Å²) in [7, 11) is -4.40. The van der Waals surface area contributed by atoms with Crippen LogP contribution in [0.15, 0.2) is 134 Å². The summed E-state index contributed by atoms with van der Waals surface area (Å²) in [5, 5.41) is 0. The number of esters is 2. The maximum atomic E-state index is 12.7. The molecule has 0 aromatic rings. The molecule has 0 aromatic heterocycles. The first-order valence-electron chi connectivity index (χ1n) is 28.7. The van der Waals surface area contributed by atoms with Crippen molar-refractivity contribution in [2.24, 2.45) is 5.73 Å². The normalized spacial score (nSPS) is 14.1. The molecule has 0 rings (SSSR count). The molecular weight excluding hydrogens is 930 g/mol. The van der Waals surface area contributed by atoms with E-state index in [0.29, 0.717) is 12.8 Å². The Morgan fingerprint density at radius 2 is 0.712 bits per heavy atom. The Balaban J connectivity index is 3.99. The van der Waals surface area contributed by atoms with Crippen molar-refractivity contribution in [2.75, 3.05) is 26.4 Å². The molecule has 0 aliphatic carbocycles.